The number of hydrogen-bond acceptors (Lipinski definition) is 2. The van der Waals surface area contributed by atoms with Crippen molar-refractivity contribution in [2.75, 3.05) is 18.4 Å². The fourth-order valence-electron chi connectivity index (χ4n) is 8.43. The molecule has 0 aromatic heterocycles. The molecular formula is C33H41F3N2O. The van der Waals surface area contributed by atoms with Gasteiger partial charge in [-0.25, -0.2) is 0 Å². The summed E-state index contributed by atoms with van der Waals surface area (Å²) in [5.74, 6) is 1.19. The summed E-state index contributed by atoms with van der Waals surface area (Å²) in [4.78, 5) is 15.2. The Morgan fingerprint density at radius 2 is 1.82 bits per heavy atom. The van der Waals surface area contributed by atoms with Crippen LogP contribution >= 0.6 is 0 Å². The van der Waals surface area contributed by atoms with Crippen molar-refractivity contribution in [2.45, 2.75) is 82.8 Å². The summed E-state index contributed by atoms with van der Waals surface area (Å²) < 4.78 is 42.7. The number of rotatable bonds is 4. The molecule has 1 spiro atoms. The molecule has 1 amide bonds. The van der Waals surface area contributed by atoms with Gasteiger partial charge in [-0.2, -0.15) is 13.2 Å². The maximum absolute atomic E-state index is 14.2. The van der Waals surface area contributed by atoms with Crippen LogP contribution in [0.2, 0.25) is 0 Å². The van der Waals surface area contributed by atoms with E-state index in [1.54, 1.807) is 12.1 Å². The van der Waals surface area contributed by atoms with Gasteiger partial charge in [0, 0.05) is 35.5 Å². The van der Waals surface area contributed by atoms with Gasteiger partial charge in [-0.1, -0.05) is 68.7 Å². The average molecular weight is 539 g/mol. The number of carbonyl (C=O) groups is 1. The van der Waals surface area contributed by atoms with Crippen molar-refractivity contribution in [1.82, 2.24) is 4.90 Å². The molecule has 0 bridgehead atoms. The molecule has 6 atom stereocenters. The highest BCUT2D eigenvalue weighted by Crippen LogP contribution is 2.54. The minimum Gasteiger partial charge on any atom is -0.326 e. The Morgan fingerprint density at radius 1 is 1.03 bits per heavy atom. The molecule has 4 aliphatic carbocycles. The molecule has 0 radical (unpaired) electrons. The van der Waals surface area contributed by atoms with Crippen molar-refractivity contribution in [3.63, 3.8) is 0 Å². The molecule has 1 aliphatic heterocycles. The van der Waals surface area contributed by atoms with E-state index in [2.05, 4.69) is 53.6 Å². The smallest absolute Gasteiger partial charge is 0.326 e. The standard InChI is InChI=1S/C33H41F3N2O/c1-22-21-38(18-17-32(22)16-15-23-7-5-6-10-29(23)32)27-13-11-25(19-27)28-14-12-26(20-30(28)33(34,35)36)37-31(39)24-8-3-2-4-9-24/h5-7,10,12,14-16,20,22-25,27,29H,2-4,8-9,11,13,17-19,21H2,1H3,(H,37,39)/t22-,23?,25?,27?,29?,32?/m0/s1. The summed E-state index contributed by atoms with van der Waals surface area (Å²) in [7, 11) is 0. The number of fused-ring (bicyclic) bond motifs is 2. The fourth-order valence-corrected chi connectivity index (χ4v) is 8.43. The highest BCUT2D eigenvalue weighted by atomic mass is 19.4. The first-order valence-electron chi connectivity index (χ1n) is 15.0. The number of hydrogen-bond donors (Lipinski definition) is 1. The predicted octanol–water partition coefficient (Wildman–Crippen LogP) is 8.12. The van der Waals surface area contributed by atoms with Gasteiger partial charge < -0.3 is 10.2 Å². The van der Waals surface area contributed by atoms with Crippen LogP contribution in [0.15, 0.2) is 54.7 Å². The Morgan fingerprint density at radius 3 is 2.59 bits per heavy atom. The Hall–Kier alpha value is -2.34. The van der Waals surface area contributed by atoms with Crippen molar-refractivity contribution in [3.8, 4) is 0 Å². The van der Waals surface area contributed by atoms with Crippen LogP contribution in [-0.2, 0) is 11.0 Å². The van der Waals surface area contributed by atoms with Gasteiger partial charge in [-0.05, 0) is 80.5 Å². The van der Waals surface area contributed by atoms with Crippen molar-refractivity contribution in [2.24, 2.45) is 29.1 Å². The number of nitrogens with zero attached hydrogens (tertiary/aromatic N) is 1. The monoisotopic (exact) mass is 538 g/mol. The molecule has 1 aromatic rings. The zero-order valence-electron chi connectivity index (χ0n) is 22.9. The summed E-state index contributed by atoms with van der Waals surface area (Å²) in [5.41, 5.74) is 0.269. The van der Waals surface area contributed by atoms with Gasteiger partial charge in [-0.15, -0.1) is 0 Å². The summed E-state index contributed by atoms with van der Waals surface area (Å²) in [5, 5.41) is 2.79. The van der Waals surface area contributed by atoms with Crippen LogP contribution in [0, 0.1) is 29.1 Å². The molecule has 1 saturated heterocycles. The Bertz CT molecular complexity index is 1160. The highest BCUT2D eigenvalue weighted by molar-refractivity contribution is 5.92. The minimum absolute atomic E-state index is 0.0920. The number of benzene rings is 1. The second kappa shape index (κ2) is 10.6. The first-order chi connectivity index (χ1) is 18.7. The van der Waals surface area contributed by atoms with Crippen molar-refractivity contribution in [1.29, 1.82) is 0 Å². The SMILES string of the molecule is C[C@H]1CN(C2CCC(c3ccc(NC(=O)C4CCCCC4)cc3C(F)(F)F)C2)CCC12C=CC1C=CC=CC12. The van der Waals surface area contributed by atoms with Gasteiger partial charge in [0.15, 0.2) is 0 Å². The number of allylic oxidation sites excluding steroid dienone is 6. The number of piperidine rings is 1. The zero-order valence-corrected chi connectivity index (χ0v) is 22.9. The molecule has 2 saturated carbocycles. The normalized spacial score (nSPS) is 35.0. The number of likely N-dealkylation sites (tertiary alicyclic amines) is 1. The molecule has 6 rings (SSSR count). The molecular weight excluding hydrogens is 497 g/mol. The van der Waals surface area contributed by atoms with Gasteiger partial charge >= 0.3 is 6.18 Å². The van der Waals surface area contributed by atoms with Crippen molar-refractivity contribution in [3.05, 3.63) is 65.8 Å². The summed E-state index contributed by atoms with van der Waals surface area (Å²) in [6, 6.07) is 4.81. The van der Waals surface area contributed by atoms with E-state index in [1.165, 1.54) is 6.07 Å². The number of amides is 1. The predicted molar refractivity (Wildman–Crippen MR) is 149 cm³/mol. The molecule has 1 N–H and O–H groups in total. The lowest BCUT2D eigenvalue weighted by Gasteiger charge is -2.49. The van der Waals surface area contributed by atoms with Crippen LogP contribution in [0.3, 0.4) is 0 Å². The maximum Gasteiger partial charge on any atom is 0.416 e. The molecule has 1 aromatic carbocycles. The summed E-state index contributed by atoms with van der Waals surface area (Å²) in [6.45, 7) is 4.37. The molecule has 5 aliphatic rings. The van der Waals surface area contributed by atoms with Crippen LogP contribution in [0.5, 0.6) is 0 Å². The molecule has 6 heteroatoms. The van der Waals surface area contributed by atoms with Gasteiger partial charge in [0.1, 0.15) is 0 Å². The zero-order chi connectivity index (χ0) is 27.2. The molecule has 3 nitrogen and oxygen atoms in total. The van der Waals surface area contributed by atoms with Crippen molar-refractivity contribution >= 4 is 11.6 Å². The second-order valence-electron chi connectivity index (χ2n) is 12.8. The van der Waals surface area contributed by atoms with E-state index in [-0.39, 0.29) is 28.8 Å². The molecule has 5 unspecified atom stereocenters. The lowest BCUT2D eigenvalue weighted by Crippen LogP contribution is -2.51. The third kappa shape index (κ3) is 5.14. The first kappa shape index (κ1) is 26.9. The van der Waals surface area contributed by atoms with Gasteiger partial charge in [-0.3, -0.25) is 4.79 Å². The van der Waals surface area contributed by atoms with E-state index in [0.29, 0.717) is 29.4 Å². The average Bonchev–Trinajstić information content (AvgIpc) is 3.57. The molecule has 39 heavy (non-hydrogen) atoms. The highest BCUT2D eigenvalue weighted by Gasteiger charge is 2.50. The maximum atomic E-state index is 14.2. The number of alkyl halides is 3. The Kier molecular flexibility index (Phi) is 7.28. The van der Waals surface area contributed by atoms with E-state index in [4.69, 9.17) is 0 Å². The van der Waals surface area contributed by atoms with Crippen molar-refractivity contribution < 1.29 is 18.0 Å². The number of nitrogens with one attached hydrogen (secondary N) is 1. The fraction of sp³-hybridized carbons (Fsp3) is 0.606. The topological polar surface area (TPSA) is 32.3 Å². The Labute approximate surface area is 230 Å². The van der Waals surface area contributed by atoms with Gasteiger partial charge in [0.05, 0.1) is 5.56 Å². The molecule has 3 fully saturated rings. The van der Waals surface area contributed by atoms with E-state index in [0.717, 1.165) is 70.9 Å². The second-order valence-corrected chi connectivity index (χ2v) is 12.8. The summed E-state index contributed by atoms with van der Waals surface area (Å²) >= 11 is 0. The van der Waals surface area contributed by atoms with Crippen LogP contribution < -0.4 is 5.32 Å². The van der Waals surface area contributed by atoms with Gasteiger partial charge in [0.2, 0.25) is 5.91 Å². The summed E-state index contributed by atoms with van der Waals surface area (Å²) in [6.07, 6.45) is 17.8. The van der Waals surface area contributed by atoms with E-state index < -0.39 is 11.7 Å². The van der Waals surface area contributed by atoms with Crippen LogP contribution in [-0.4, -0.2) is 29.9 Å². The minimum atomic E-state index is -4.45. The van der Waals surface area contributed by atoms with Gasteiger partial charge in [0.25, 0.3) is 0 Å². The van der Waals surface area contributed by atoms with Crippen LogP contribution in [0.25, 0.3) is 0 Å². The van der Waals surface area contributed by atoms with E-state index in [1.807, 2.05) is 0 Å². The van der Waals surface area contributed by atoms with E-state index in [9.17, 15) is 18.0 Å². The van der Waals surface area contributed by atoms with Crippen LogP contribution in [0.1, 0.15) is 81.8 Å². The van der Waals surface area contributed by atoms with Crippen LogP contribution in [0.4, 0.5) is 18.9 Å². The number of halogens is 3. The first-order valence-corrected chi connectivity index (χ1v) is 15.0. The quantitative estimate of drug-likeness (QED) is 0.393. The molecule has 210 valence electrons. The van der Waals surface area contributed by atoms with E-state index >= 15 is 0 Å². The third-order valence-corrected chi connectivity index (χ3v) is 10.6. The number of carbonyl (C=O) groups excluding carboxylic acids is 1. The number of anilines is 1. The third-order valence-electron chi connectivity index (χ3n) is 10.6. The lowest BCUT2D eigenvalue weighted by molar-refractivity contribution is -0.138. The largest absolute Gasteiger partial charge is 0.416 e. The molecule has 1 heterocycles. The lowest BCUT2D eigenvalue weighted by atomic mass is 9.62. The Balaban J connectivity index is 1.13.